The number of halogens is 1. The largest absolute Gasteiger partial charge is 0.336 e. The van der Waals surface area contributed by atoms with E-state index in [0.29, 0.717) is 12.1 Å². The maximum Gasteiger partial charge on any atom is 0.128 e. The zero-order chi connectivity index (χ0) is 24.7. The molecule has 0 spiro atoms. The van der Waals surface area contributed by atoms with Crippen LogP contribution in [0.2, 0.25) is 0 Å². The lowest BCUT2D eigenvalue weighted by molar-refractivity contribution is 0.601. The molecular weight excluding hydrogens is 405 g/mol. The van der Waals surface area contributed by atoms with E-state index in [9.17, 15) is 4.39 Å². The molecule has 0 atom stereocenters. The molecule has 0 aliphatic carbocycles. The quantitative estimate of drug-likeness (QED) is 0.334. The van der Waals surface area contributed by atoms with Gasteiger partial charge in [0.1, 0.15) is 5.82 Å². The molecule has 1 heterocycles. The van der Waals surface area contributed by atoms with Crippen molar-refractivity contribution in [3.63, 3.8) is 0 Å². The Labute approximate surface area is 199 Å². The molecule has 0 radical (unpaired) electrons. The molecule has 0 unspecified atom stereocenters. The molecule has 0 N–H and O–H groups in total. The van der Waals surface area contributed by atoms with E-state index in [-0.39, 0.29) is 5.82 Å². The number of aromatic nitrogens is 1. The summed E-state index contributed by atoms with van der Waals surface area (Å²) < 4.78 is 16.8. The predicted octanol–water partition coefficient (Wildman–Crippen LogP) is 9.43. The third-order valence-electron chi connectivity index (χ3n) is 5.36. The van der Waals surface area contributed by atoms with Crippen molar-refractivity contribution < 1.29 is 4.39 Å². The van der Waals surface area contributed by atoms with Crippen molar-refractivity contribution in [1.29, 1.82) is 0 Å². The number of hydrogen-bond donors (Lipinski definition) is 0. The van der Waals surface area contributed by atoms with Crippen molar-refractivity contribution >= 4 is 22.0 Å². The molecule has 1 nitrogen and oxygen atoms in total. The highest BCUT2D eigenvalue weighted by molar-refractivity contribution is 6.01. The summed E-state index contributed by atoms with van der Waals surface area (Å²) >= 11 is 0. The van der Waals surface area contributed by atoms with Crippen LogP contribution in [-0.2, 0) is 6.54 Å². The summed E-state index contributed by atoms with van der Waals surface area (Å²) in [6.07, 6.45) is 7.10. The Balaban J connectivity index is 0.00000122. The van der Waals surface area contributed by atoms with Crippen molar-refractivity contribution in [2.45, 2.75) is 61.4 Å². The average Bonchev–Trinajstić information content (AvgIpc) is 3.05. The number of allylic oxidation sites excluding steroid dienone is 6. The highest BCUT2D eigenvalue weighted by Crippen LogP contribution is 2.38. The maximum absolute atomic E-state index is 14.6. The number of nitrogens with zero attached hydrogens (tertiary/aromatic N) is 1. The van der Waals surface area contributed by atoms with Crippen LogP contribution in [0.1, 0.15) is 69.0 Å². The first-order valence-electron chi connectivity index (χ1n) is 11.7. The molecule has 0 saturated heterocycles. The van der Waals surface area contributed by atoms with Crippen LogP contribution in [0.25, 0.3) is 22.0 Å². The van der Waals surface area contributed by atoms with Crippen LogP contribution in [0.5, 0.6) is 0 Å². The number of benzene rings is 2. The minimum absolute atomic E-state index is 0.183. The average molecular weight is 444 g/mol. The molecule has 0 fully saturated rings. The summed E-state index contributed by atoms with van der Waals surface area (Å²) in [5.74, 6) is -0.183. The van der Waals surface area contributed by atoms with E-state index in [1.165, 1.54) is 17.6 Å². The van der Waals surface area contributed by atoms with E-state index in [0.717, 1.165) is 38.9 Å². The van der Waals surface area contributed by atoms with Gasteiger partial charge in [0.15, 0.2) is 0 Å². The number of fused-ring (bicyclic) bond motifs is 1. The minimum atomic E-state index is -0.183. The van der Waals surface area contributed by atoms with E-state index in [2.05, 4.69) is 76.6 Å². The molecule has 0 amide bonds. The van der Waals surface area contributed by atoms with Gasteiger partial charge in [-0.05, 0) is 64.0 Å². The molecular formula is C31H38FN. The van der Waals surface area contributed by atoms with Gasteiger partial charge in [0.25, 0.3) is 0 Å². The van der Waals surface area contributed by atoms with Crippen molar-refractivity contribution in [1.82, 2.24) is 4.57 Å². The van der Waals surface area contributed by atoms with E-state index in [1.54, 1.807) is 12.1 Å². The van der Waals surface area contributed by atoms with Crippen LogP contribution in [0.4, 0.5) is 4.39 Å². The second-order valence-corrected chi connectivity index (χ2v) is 8.92. The SMILES string of the molecule is C=C/C=C\C(=C(C)C)c1c(C(=C)C)n(Cc2cc(C)ccc2F)c2ccc(C)cc12.CCC. The van der Waals surface area contributed by atoms with Gasteiger partial charge < -0.3 is 4.57 Å². The lowest BCUT2D eigenvalue weighted by Crippen LogP contribution is -2.06. The van der Waals surface area contributed by atoms with Crippen molar-refractivity contribution in [2.24, 2.45) is 0 Å². The van der Waals surface area contributed by atoms with Gasteiger partial charge in [-0.15, -0.1) is 0 Å². The van der Waals surface area contributed by atoms with Gasteiger partial charge >= 0.3 is 0 Å². The fourth-order valence-electron chi connectivity index (χ4n) is 4.01. The number of hydrogen-bond acceptors (Lipinski definition) is 0. The zero-order valence-corrected chi connectivity index (χ0v) is 21.3. The van der Waals surface area contributed by atoms with Gasteiger partial charge in [-0.25, -0.2) is 4.39 Å². The van der Waals surface area contributed by atoms with Gasteiger partial charge in [0.05, 0.1) is 12.2 Å². The Kier molecular flexibility index (Phi) is 9.22. The number of aryl methyl sites for hydroxylation is 2. The first kappa shape index (κ1) is 26.1. The molecule has 0 aliphatic heterocycles. The second-order valence-electron chi connectivity index (χ2n) is 8.92. The molecule has 3 rings (SSSR count). The topological polar surface area (TPSA) is 4.93 Å². The van der Waals surface area contributed by atoms with Gasteiger partial charge in [0.2, 0.25) is 0 Å². The predicted molar refractivity (Wildman–Crippen MR) is 145 cm³/mol. The van der Waals surface area contributed by atoms with Crippen molar-refractivity contribution in [2.75, 3.05) is 0 Å². The second kappa shape index (κ2) is 11.7. The van der Waals surface area contributed by atoms with E-state index >= 15 is 0 Å². The highest BCUT2D eigenvalue weighted by Gasteiger charge is 2.21. The lowest BCUT2D eigenvalue weighted by atomic mass is 9.95. The first-order valence-corrected chi connectivity index (χ1v) is 11.7. The fraction of sp³-hybridized carbons (Fsp3) is 0.290. The van der Waals surface area contributed by atoms with Crippen molar-refractivity contribution in [3.8, 4) is 0 Å². The van der Waals surface area contributed by atoms with Crippen LogP contribution in [0, 0.1) is 19.7 Å². The van der Waals surface area contributed by atoms with Crippen LogP contribution in [0.15, 0.2) is 73.4 Å². The summed E-state index contributed by atoms with van der Waals surface area (Å²) in [5, 5.41) is 1.16. The molecule has 2 aromatic carbocycles. The van der Waals surface area contributed by atoms with E-state index in [4.69, 9.17) is 0 Å². The van der Waals surface area contributed by atoms with Crippen LogP contribution >= 0.6 is 0 Å². The van der Waals surface area contributed by atoms with E-state index < -0.39 is 0 Å². The van der Waals surface area contributed by atoms with E-state index in [1.807, 2.05) is 32.1 Å². The normalized spacial score (nSPS) is 10.8. The smallest absolute Gasteiger partial charge is 0.128 e. The van der Waals surface area contributed by atoms with Crippen LogP contribution < -0.4 is 0 Å². The maximum atomic E-state index is 14.6. The molecule has 0 bridgehead atoms. The highest BCUT2D eigenvalue weighted by atomic mass is 19.1. The Hall–Kier alpha value is -3.13. The Bertz CT molecular complexity index is 1210. The van der Waals surface area contributed by atoms with Gasteiger partial charge in [-0.1, -0.05) is 86.6 Å². The monoisotopic (exact) mass is 443 g/mol. The summed E-state index contributed by atoms with van der Waals surface area (Å²) in [5.41, 5.74) is 9.50. The molecule has 3 aromatic rings. The standard InChI is InChI=1S/C28H30FN.C3H8/c1-8-9-10-23(18(2)3)27-24-16-21(7)12-14-26(24)30(28(27)19(4)5)17-22-15-20(6)11-13-25(22)29;1-3-2/h8-16H,1,4,17H2,2-3,5-7H3;3H2,1-2H3/b10-9-;. The third kappa shape index (κ3) is 6.01. The summed E-state index contributed by atoms with van der Waals surface area (Å²) in [6.45, 7) is 23.2. The number of rotatable bonds is 6. The van der Waals surface area contributed by atoms with Gasteiger partial charge in [-0.3, -0.25) is 0 Å². The first-order chi connectivity index (χ1) is 15.7. The Morgan fingerprint density at radius 1 is 1.00 bits per heavy atom. The van der Waals surface area contributed by atoms with Crippen LogP contribution in [0.3, 0.4) is 0 Å². The lowest BCUT2D eigenvalue weighted by Gasteiger charge is -2.15. The summed E-state index contributed by atoms with van der Waals surface area (Å²) in [6, 6.07) is 11.7. The molecule has 33 heavy (non-hydrogen) atoms. The molecule has 174 valence electrons. The molecule has 1 aromatic heterocycles. The summed E-state index contributed by atoms with van der Waals surface area (Å²) in [7, 11) is 0. The van der Waals surface area contributed by atoms with Crippen LogP contribution in [-0.4, -0.2) is 4.57 Å². The fourth-order valence-corrected chi connectivity index (χ4v) is 4.01. The Morgan fingerprint density at radius 3 is 2.18 bits per heavy atom. The zero-order valence-electron chi connectivity index (χ0n) is 21.3. The minimum Gasteiger partial charge on any atom is -0.336 e. The molecule has 0 aliphatic rings. The third-order valence-corrected chi connectivity index (χ3v) is 5.36. The van der Waals surface area contributed by atoms with Crippen molar-refractivity contribution in [3.05, 3.63) is 107 Å². The Morgan fingerprint density at radius 2 is 1.61 bits per heavy atom. The molecule has 0 saturated carbocycles. The van der Waals surface area contributed by atoms with Gasteiger partial charge in [-0.2, -0.15) is 0 Å². The van der Waals surface area contributed by atoms with Gasteiger partial charge in [0, 0.05) is 22.0 Å². The summed E-state index contributed by atoms with van der Waals surface area (Å²) in [4.78, 5) is 0. The molecule has 2 heteroatoms.